The van der Waals surface area contributed by atoms with Crippen molar-refractivity contribution in [3.05, 3.63) is 0 Å². The summed E-state index contributed by atoms with van der Waals surface area (Å²) in [5.74, 6) is 0.0720. The van der Waals surface area contributed by atoms with Crippen LogP contribution in [0.25, 0.3) is 0 Å². The summed E-state index contributed by atoms with van der Waals surface area (Å²) >= 11 is 0. The third-order valence-electron chi connectivity index (χ3n) is 2.23. The van der Waals surface area contributed by atoms with Crippen LogP contribution in [0.3, 0.4) is 0 Å². The van der Waals surface area contributed by atoms with Crippen LogP contribution in [0.2, 0.25) is 0 Å². The molecule has 1 atom stereocenters. The largest absolute Gasteiger partial charge is 0.382 e. The molecule has 0 aliphatic carbocycles. The van der Waals surface area contributed by atoms with Crippen molar-refractivity contribution in [3.63, 3.8) is 0 Å². The minimum atomic E-state index is 0.0720. The van der Waals surface area contributed by atoms with Crippen molar-refractivity contribution in [2.75, 3.05) is 33.4 Å². The number of amides is 1. The van der Waals surface area contributed by atoms with Crippen molar-refractivity contribution < 1.29 is 14.3 Å². The molecule has 0 spiro atoms. The molecule has 5 nitrogen and oxygen atoms in total. The van der Waals surface area contributed by atoms with Gasteiger partial charge in [0.2, 0.25) is 5.91 Å². The van der Waals surface area contributed by atoms with E-state index in [4.69, 9.17) is 15.2 Å². The van der Waals surface area contributed by atoms with Gasteiger partial charge in [0.15, 0.2) is 0 Å². The van der Waals surface area contributed by atoms with Gasteiger partial charge in [0, 0.05) is 33.2 Å². The smallest absolute Gasteiger partial charge is 0.220 e. The fourth-order valence-corrected chi connectivity index (χ4v) is 1.13. The van der Waals surface area contributed by atoms with Crippen molar-refractivity contribution in [3.8, 4) is 0 Å². The van der Waals surface area contributed by atoms with E-state index in [1.807, 2.05) is 6.92 Å². The zero-order valence-corrected chi connectivity index (χ0v) is 10.3. The fraction of sp³-hybridized carbons (Fsp3) is 0.909. The third-order valence-corrected chi connectivity index (χ3v) is 2.23. The maximum atomic E-state index is 11.3. The van der Waals surface area contributed by atoms with Gasteiger partial charge in [0.25, 0.3) is 0 Å². The van der Waals surface area contributed by atoms with Crippen LogP contribution in [0.5, 0.6) is 0 Å². The second-order valence-electron chi connectivity index (χ2n) is 3.69. The van der Waals surface area contributed by atoms with Crippen LogP contribution >= 0.6 is 0 Å². The summed E-state index contributed by atoms with van der Waals surface area (Å²) in [6.07, 6.45) is 2.23. The monoisotopic (exact) mass is 232 g/mol. The molecule has 0 bridgehead atoms. The molecular formula is C11H24N2O3. The van der Waals surface area contributed by atoms with Gasteiger partial charge < -0.3 is 20.5 Å². The number of ether oxygens (including phenoxy) is 2. The average Bonchev–Trinajstić information content (AvgIpc) is 2.30. The van der Waals surface area contributed by atoms with Crippen molar-refractivity contribution in [1.82, 2.24) is 5.32 Å². The first-order chi connectivity index (χ1) is 7.70. The van der Waals surface area contributed by atoms with Crippen molar-refractivity contribution >= 4 is 5.91 Å². The molecule has 5 heteroatoms. The third kappa shape index (κ3) is 9.89. The summed E-state index contributed by atoms with van der Waals surface area (Å²) < 4.78 is 10.2. The molecule has 0 fully saturated rings. The Morgan fingerprint density at radius 2 is 2.19 bits per heavy atom. The van der Waals surface area contributed by atoms with E-state index in [1.54, 1.807) is 7.11 Å². The van der Waals surface area contributed by atoms with Crippen LogP contribution < -0.4 is 11.1 Å². The molecule has 1 amide bonds. The Morgan fingerprint density at radius 3 is 2.81 bits per heavy atom. The Kier molecular flexibility index (Phi) is 10.4. The lowest BCUT2D eigenvalue weighted by Crippen LogP contribution is -2.26. The van der Waals surface area contributed by atoms with Crippen LogP contribution in [0, 0.1) is 0 Å². The topological polar surface area (TPSA) is 73.6 Å². The summed E-state index contributed by atoms with van der Waals surface area (Å²) in [5, 5.41) is 2.83. The average molecular weight is 232 g/mol. The lowest BCUT2D eigenvalue weighted by atomic mass is 10.2. The molecule has 0 saturated heterocycles. The maximum absolute atomic E-state index is 11.3. The van der Waals surface area contributed by atoms with Gasteiger partial charge in [0.1, 0.15) is 0 Å². The van der Waals surface area contributed by atoms with E-state index in [-0.39, 0.29) is 12.0 Å². The number of rotatable bonds is 10. The second kappa shape index (κ2) is 10.9. The first-order valence-electron chi connectivity index (χ1n) is 5.78. The lowest BCUT2D eigenvalue weighted by molar-refractivity contribution is -0.121. The van der Waals surface area contributed by atoms with E-state index in [0.717, 1.165) is 12.8 Å². The Balaban J connectivity index is 3.24. The Hall–Kier alpha value is -0.650. The van der Waals surface area contributed by atoms with E-state index in [1.165, 1.54) is 0 Å². The maximum Gasteiger partial charge on any atom is 0.220 e. The first kappa shape index (κ1) is 15.3. The van der Waals surface area contributed by atoms with Crippen molar-refractivity contribution in [1.29, 1.82) is 0 Å². The minimum Gasteiger partial charge on any atom is -0.382 e. The molecule has 3 N–H and O–H groups in total. The Bertz CT molecular complexity index is 177. The van der Waals surface area contributed by atoms with Gasteiger partial charge in [-0.25, -0.2) is 0 Å². The Labute approximate surface area is 97.7 Å². The number of hydrogen-bond donors (Lipinski definition) is 2. The van der Waals surface area contributed by atoms with Crippen molar-refractivity contribution in [2.45, 2.75) is 32.3 Å². The van der Waals surface area contributed by atoms with E-state index >= 15 is 0 Å². The number of carbonyl (C=O) groups excluding carboxylic acids is 1. The van der Waals surface area contributed by atoms with Crippen LogP contribution in [0.1, 0.15) is 26.2 Å². The number of nitrogens with one attached hydrogen (secondary N) is 1. The molecule has 1 unspecified atom stereocenters. The van der Waals surface area contributed by atoms with Gasteiger partial charge in [-0.15, -0.1) is 0 Å². The summed E-state index contributed by atoms with van der Waals surface area (Å²) in [4.78, 5) is 11.3. The zero-order valence-electron chi connectivity index (χ0n) is 10.3. The predicted molar refractivity (Wildman–Crippen MR) is 63.2 cm³/mol. The summed E-state index contributed by atoms with van der Waals surface area (Å²) in [6.45, 7) is 4.38. The van der Waals surface area contributed by atoms with Gasteiger partial charge in [-0.05, 0) is 19.8 Å². The van der Waals surface area contributed by atoms with E-state index in [2.05, 4.69) is 5.32 Å². The normalized spacial score (nSPS) is 12.4. The lowest BCUT2D eigenvalue weighted by Gasteiger charge is -2.09. The van der Waals surface area contributed by atoms with Crippen molar-refractivity contribution in [2.24, 2.45) is 5.73 Å². The SMILES string of the molecule is COC(C)CCC(=O)NCCCOCCN. The van der Waals surface area contributed by atoms with Gasteiger partial charge >= 0.3 is 0 Å². The summed E-state index contributed by atoms with van der Waals surface area (Å²) in [5.41, 5.74) is 5.27. The van der Waals surface area contributed by atoms with Gasteiger partial charge in [-0.2, -0.15) is 0 Å². The zero-order chi connectivity index (χ0) is 12.2. The minimum absolute atomic E-state index is 0.0720. The number of methoxy groups -OCH3 is 1. The highest BCUT2D eigenvalue weighted by molar-refractivity contribution is 5.75. The van der Waals surface area contributed by atoms with E-state index in [0.29, 0.717) is 32.7 Å². The highest BCUT2D eigenvalue weighted by Gasteiger charge is 2.04. The molecule has 0 aromatic carbocycles. The first-order valence-corrected chi connectivity index (χ1v) is 5.78. The quantitative estimate of drug-likeness (QED) is 0.531. The molecule has 0 aliphatic heterocycles. The molecule has 0 radical (unpaired) electrons. The number of hydrogen-bond acceptors (Lipinski definition) is 4. The fourth-order valence-electron chi connectivity index (χ4n) is 1.13. The van der Waals surface area contributed by atoms with Crippen LogP contribution in [-0.2, 0) is 14.3 Å². The van der Waals surface area contributed by atoms with Crippen LogP contribution in [0.15, 0.2) is 0 Å². The Morgan fingerprint density at radius 1 is 1.44 bits per heavy atom. The molecule has 0 rings (SSSR count). The highest BCUT2D eigenvalue weighted by Crippen LogP contribution is 1.99. The number of nitrogens with two attached hydrogens (primary N) is 1. The predicted octanol–water partition coefficient (Wildman–Crippen LogP) is 0.283. The highest BCUT2D eigenvalue weighted by atomic mass is 16.5. The van der Waals surface area contributed by atoms with E-state index in [9.17, 15) is 4.79 Å². The molecule has 16 heavy (non-hydrogen) atoms. The summed E-state index contributed by atoms with van der Waals surface area (Å²) in [6, 6.07) is 0. The van der Waals surface area contributed by atoms with Crippen LogP contribution in [0.4, 0.5) is 0 Å². The number of carbonyl (C=O) groups is 1. The molecular weight excluding hydrogens is 208 g/mol. The van der Waals surface area contributed by atoms with Gasteiger partial charge in [-0.3, -0.25) is 4.79 Å². The molecule has 0 aliphatic rings. The standard InChI is InChI=1S/C11H24N2O3/c1-10(15-2)4-5-11(14)13-7-3-8-16-9-6-12/h10H,3-9,12H2,1-2H3,(H,13,14). The van der Waals surface area contributed by atoms with E-state index < -0.39 is 0 Å². The molecule has 0 aromatic heterocycles. The molecule has 0 heterocycles. The van der Waals surface area contributed by atoms with Gasteiger partial charge in [0.05, 0.1) is 12.7 Å². The molecule has 0 saturated carbocycles. The molecule has 96 valence electrons. The second-order valence-corrected chi connectivity index (χ2v) is 3.69. The summed E-state index contributed by atoms with van der Waals surface area (Å²) in [7, 11) is 1.65. The van der Waals surface area contributed by atoms with Gasteiger partial charge in [-0.1, -0.05) is 0 Å². The van der Waals surface area contributed by atoms with Crippen LogP contribution in [-0.4, -0.2) is 45.4 Å². The molecule has 0 aromatic rings.